The number of rotatable bonds is 1. The fraction of sp³-hybridized carbons (Fsp3) is 1.00. The first-order valence-electron chi connectivity index (χ1n) is 3.15. The van der Waals surface area contributed by atoms with Gasteiger partial charge in [-0.15, -0.1) is 12.4 Å². The van der Waals surface area contributed by atoms with Gasteiger partial charge in [-0.05, 0) is 12.8 Å². The quantitative estimate of drug-likeness (QED) is 0.640. The van der Waals surface area contributed by atoms with E-state index in [1.54, 1.807) is 6.92 Å². The van der Waals surface area contributed by atoms with Crippen LogP contribution in [0.1, 0.15) is 19.8 Å². The van der Waals surface area contributed by atoms with E-state index in [1.165, 1.54) is 0 Å². The van der Waals surface area contributed by atoms with Crippen LogP contribution >= 0.6 is 12.4 Å². The van der Waals surface area contributed by atoms with E-state index in [0.717, 1.165) is 0 Å². The zero-order valence-corrected chi connectivity index (χ0v) is 6.63. The molecule has 0 aromatic rings. The third-order valence-corrected chi connectivity index (χ3v) is 1.87. The maximum atomic E-state index is 12.1. The summed E-state index contributed by atoms with van der Waals surface area (Å²) in [7, 11) is 0. The minimum Gasteiger partial charge on any atom is -0.328 e. The highest BCUT2D eigenvalue weighted by molar-refractivity contribution is 5.85. The van der Waals surface area contributed by atoms with Gasteiger partial charge in [0.2, 0.25) is 5.92 Å². The largest absolute Gasteiger partial charge is 0.328 e. The zero-order valence-electron chi connectivity index (χ0n) is 5.81. The second kappa shape index (κ2) is 3.01. The lowest BCUT2D eigenvalue weighted by Gasteiger charge is -2.37. The van der Waals surface area contributed by atoms with Crippen LogP contribution in [0.2, 0.25) is 0 Å². The van der Waals surface area contributed by atoms with E-state index in [1.807, 2.05) is 0 Å². The lowest BCUT2D eigenvalue weighted by molar-refractivity contribution is -0.115. The maximum Gasteiger partial charge on any atom is 0.248 e. The zero-order chi connectivity index (χ0) is 7.07. The van der Waals surface area contributed by atoms with Gasteiger partial charge in [-0.3, -0.25) is 0 Å². The highest BCUT2D eigenvalue weighted by Crippen LogP contribution is 2.43. The van der Waals surface area contributed by atoms with Gasteiger partial charge in [0.05, 0.1) is 0 Å². The van der Waals surface area contributed by atoms with Gasteiger partial charge in [-0.25, -0.2) is 8.78 Å². The van der Waals surface area contributed by atoms with Crippen molar-refractivity contribution in [1.82, 2.24) is 0 Å². The first-order valence-corrected chi connectivity index (χ1v) is 3.15. The molecule has 0 amide bonds. The standard InChI is InChI=1S/C6H11F2N.ClH/c1-4(9)5-2-6(7,8)3-5;/h4-5H,2-3,9H2,1H3;1H. The first-order chi connectivity index (χ1) is 4.01. The fourth-order valence-corrected chi connectivity index (χ4v) is 1.08. The van der Waals surface area contributed by atoms with Gasteiger partial charge in [0, 0.05) is 18.9 Å². The van der Waals surface area contributed by atoms with Crippen molar-refractivity contribution in [2.75, 3.05) is 0 Å². The van der Waals surface area contributed by atoms with Crippen molar-refractivity contribution in [3.63, 3.8) is 0 Å². The smallest absolute Gasteiger partial charge is 0.248 e. The third-order valence-electron chi connectivity index (χ3n) is 1.87. The Morgan fingerprint density at radius 3 is 2.00 bits per heavy atom. The molecule has 0 heterocycles. The normalized spacial score (nSPS) is 26.4. The summed E-state index contributed by atoms with van der Waals surface area (Å²) >= 11 is 0. The van der Waals surface area contributed by atoms with Crippen LogP contribution in [0.3, 0.4) is 0 Å². The Morgan fingerprint density at radius 1 is 1.50 bits per heavy atom. The molecule has 10 heavy (non-hydrogen) atoms. The fourth-order valence-electron chi connectivity index (χ4n) is 1.08. The molecule has 0 spiro atoms. The number of halogens is 3. The van der Waals surface area contributed by atoms with Gasteiger partial charge in [-0.2, -0.15) is 0 Å². The highest BCUT2D eigenvalue weighted by atomic mass is 35.5. The molecule has 1 atom stereocenters. The molecule has 1 unspecified atom stereocenters. The summed E-state index contributed by atoms with van der Waals surface area (Å²) in [5.74, 6) is -2.35. The van der Waals surface area contributed by atoms with Crippen LogP contribution in [-0.4, -0.2) is 12.0 Å². The van der Waals surface area contributed by atoms with Crippen LogP contribution in [0.15, 0.2) is 0 Å². The number of hydrogen-bond donors (Lipinski definition) is 1. The Balaban J connectivity index is 0.000000810. The lowest BCUT2D eigenvalue weighted by Crippen LogP contribution is -2.44. The maximum absolute atomic E-state index is 12.1. The Hall–Kier alpha value is 0.110. The van der Waals surface area contributed by atoms with Crippen molar-refractivity contribution in [3.05, 3.63) is 0 Å². The molecule has 0 aromatic heterocycles. The molecule has 1 aliphatic carbocycles. The van der Waals surface area contributed by atoms with Crippen LogP contribution in [0.4, 0.5) is 8.78 Å². The summed E-state index contributed by atoms with van der Waals surface area (Å²) in [5.41, 5.74) is 5.39. The molecule has 2 N–H and O–H groups in total. The van der Waals surface area contributed by atoms with Crippen LogP contribution in [0.25, 0.3) is 0 Å². The minimum absolute atomic E-state index is 0. The second-order valence-electron chi connectivity index (χ2n) is 2.88. The van der Waals surface area contributed by atoms with E-state index in [2.05, 4.69) is 0 Å². The van der Waals surface area contributed by atoms with E-state index in [0.29, 0.717) is 0 Å². The van der Waals surface area contributed by atoms with Crippen molar-refractivity contribution in [1.29, 1.82) is 0 Å². The van der Waals surface area contributed by atoms with Crippen molar-refractivity contribution < 1.29 is 8.78 Å². The Kier molecular flexibility index (Phi) is 3.04. The second-order valence-corrected chi connectivity index (χ2v) is 2.88. The van der Waals surface area contributed by atoms with Crippen molar-refractivity contribution >= 4 is 12.4 Å². The van der Waals surface area contributed by atoms with Gasteiger partial charge in [-0.1, -0.05) is 0 Å². The molecule has 0 aliphatic heterocycles. The van der Waals surface area contributed by atoms with Crippen molar-refractivity contribution in [2.45, 2.75) is 31.7 Å². The van der Waals surface area contributed by atoms with Crippen LogP contribution in [0.5, 0.6) is 0 Å². The summed E-state index contributed by atoms with van der Waals surface area (Å²) in [6.07, 6.45) is -0.0185. The van der Waals surface area contributed by atoms with E-state index in [4.69, 9.17) is 5.73 Å². The number of hydrogen-bond acceptors (Lipinski definition) is 1. The van der Waals surface area contributed by atoms with Gasteiger partial charge >= 0.3 is 0 Å². The monoisotopic (exact) mass is 171 g/mol. The Morgan fingerprint density at radius 2 is 1.90 bits per heavy atom. The van der Waals surface area contributed by atoms with E-state index in [-0.39, 0.29) is 37.2 Å². The van der Waals surface area contributed by atoms with E-state index in [9.17, 15) is 8.78 Å². The molecule has 0 radical (unpaired) electrons. The first kappa shape index (κ1) is 10.1. The molecule has 1 saturated carbocycles. The molecule has 1 nitrogen and oxygen atoms in total. The molecule has 0 saturated heterocycles. The average molecular weight is 172 g/mol. The predicted molar refractivity (Wildman–Crippen MR) is 38.6 cm³/mol. The van der Waals surface area contributed by atoms with Crippen molar-refractivity contribution in [2.24, 2.45) is 11.7 Å². The highest BCUT2D eigenvalue weighted by Gasteiger charge is 2.46. The van der Waals surface area contributed by atoms with Crippen LogP contribution in [-0.2, 0) is 0 Å². The van der Waals surface area contributed by atoms with Crippen LogP contribution in [0, 0.1) is 5.92 Å². The lowest BCUT2D eigenvalue weighted by atomic mass is 9.77. The SMILES string of the molecule is CC(N)C1CC(F)(F)C1.Cl. The van der Waals surface area contributed by atoms with Crippen LogP contribution < -0.4 is 5.73 Å². The molecule has 1 fully saturated rings. The minimum atomic E-state index is -2.40. The topological polar surface area (TPSA) is 26.0 Å². The molecule has 0 bridgehead atoms. The van der Waals surface area contributed by atoms with E-state index < -0.39 is 5.92 Å². The Bertz CT molecular complexity index is 108. The Labute approximate surface area is 65.4 Å². The third kappa shape index (κ3) is 2.06. The summed E-state index contributed by atoms with van der Waals surface area (Å²) < 4.78 is 24.2. The van der Waals surface area contributed by atoms with Gasteiger partial charge in [0.15, 0.2) is 0 Å². The average Bonchev–Trinajstić information content (AvgIpc) is 1.59. The molecule has 1 rings (SSSR count). The molecule has 4 heteroatoms. The predicted octanol–water partition coefficient (Wildman–Crippen LogP) is 1.80. The molecule has 1 aliphatic rings. The number of alkyl halides is 2. The van der Waals surface area contributed by atoms with Gasteiger partial charge in [0.25, 0.3) is 0 Å². The van der Waals surface area contributed by atoms with Gasteiger partial charge in [0.1, 0.15) is 0 Å². The molecular weight excluding hydrogens is 160 g/mol. The summed E-state index contributed by atoms with van der Waals surface area (Å²) in [4.78, 5) is 0. The molecule has 0 aromatic carbocycles. The summed E-state index contributed by atoms with van der Waals surface area (Å²) in [5, 5.41) is 0. The van der Waals surface area contributed by atoms with Gasteiger partial charge < -0.3 is 5.73 Å². The van der Waals surface area contributed by atoms with E-state index >= 15 is 0 Å². The number of nitrogens with two attached hydrogens (primary N) is 1. The summed E-state index contributed by atoms with van der Waals surface area (Å²) in [6.45, 7) is 1.78. The molecular formula is C6H12ClF2N. The summed E-state index contributed by atoms with van der Waals surface area (Å²) in [6, 6.07) is -0.0652. The molecule has 62 valence electrons. The van der Waals surface area contributed by atoms with Crippen molar-refractivity contribution in [3.8, 4) is 0 Å².